The van der Waals surface area contributed by atoms with Crippen LogP contribution in [0.1, 0.15) is 42.5 Å². The summed E-state index contributed by atoms with van der Waals surface area (Å²) in [5, 5.41) is 9.03. The molecule has 0 aliphatic heterocycles. The first kappa shape index (κ1) is 12.8. The van der Waals surface area contributed by atoms with Crippen LogP contribution in [0.4, 0.5) is 5.82 Å². The summed E-state index contributed by atoms with van der Waals surface area (Å²) in [6, 6.07) is 1.58. The fourth-order valence-corrected chi connectivity index (χ4v) is 2.00. The van der Waals surface area contributed by atoms with Gasteiger partial charge in [0.05, 0.1) is 0 Å². The van der Waals surface area contributed by atoms with Crippen molar-refractivity contribution in [2.75, 3.05) is 18.0 Å². The summed E-state index contributed by atoms with van der Waals surface area (Å²) in [6.07, 6.45) is 3.57. The molecule has 0 saturated heterocycles. The van der Waals surface area contributed by atoms with Crippen molar-refractivity contribution in [3.05, 3.63) is 17.6 Å². The van der Waals surface area contributed by atoms with Gasteiger partial charge in [0.1, 0.15) is 11.6 Å². The first-order chi connectivity index (χ1) is 8.60. The largest absolute Gasteiger partial charge is 0.477 e. The van der Waals surface area contributed by atoms with Gasteiger partial charge in [-0.3, -0.25) is 0 Å². The number of aromatic nitrogens is 2. The Kier molecular flexibility index (Phi) is 3.79. The van der Waals surface area contributed by atoms with Crippen molar-refractivity contribution in [3.8, 4) is 0 Å². The molecule has 0 amide bonds. The van der Waals surface area contributed by atoms with Crippen LogP contribution in [0.25, 0.3) is 0 Å². The molecular weight excluding hydrogens is 230 g/mol. The third-order valence-electron chi connectivity index (χ3n) is 3.04. The number of aryl methyl sites for hydroxylation is 1. The molecule has 1 aromatic rings. The van der Waals surface area contributed by atoms with E-state index in [1.165, 1.54) is 12.8 Å². The minimum Gasteiger partial charge on any atom is -0.477 e. The third-order valence-corrected chi connectivity index (χ3v) is 3.04. The van der Waals surface area contributed by atoms with Gasteiger partial charge in [0.25, 0.3) is 0 Å². The molecule has 98 valence electrons. The molecular formula is C13H19N3O2. The molecule has 0 atom stereocenters. The SMILES string of the molecule is CCCN(CC1CC1)c1cc(C(=O)O)nc(C)n1. The van der Waals surface area contributed by atoms with E-state index in [0.717, 1.165) is 31.2 Å². The Balaban J connectivity index is 2.24. The third kappa shape index (κ3) is 3.18. The average molecular weight is 249 g/mol. The van der Waals surface area contributed by atoms with Crippen LogP contribution in [0.3, 0.4) is 0 Å². The molecule has 0 radical (unpaired) electrons. The first-order valence-corrected chi connectivity index (χ1v) is 6.44. The minimum atomic E-state index is -0.996. The molecule has 5 nitrogen and oxygen atoms in total. The Hall–Kier alpha value is -1.65. The van der Waals surface area contributed by atoms with Gasteiger partial charge in [-0.1, -0.05) is 6.92 Å². The van der Waals surface area contributed by atoms with Crippen molar-refractivity contribution < 1.29 is 9.90 Å². The molecule has 0 unspecified atom stereocenters. The second-order valence-electron chi connectivity index (χ2n) is 4.85. The fourth-order valence-electron chi connectivity index (χ4n) is 2.00. The zero-order chi connectivity index (χ0) is 13.1. The minimum absolute atomic E-state index is 0.0781. The van der Waals surface area contributed by atoms with Gasteiger partial charge >= 0.3 is 5.97 Å². The number of rotatable bonds is 6. The topological polar surface area (TPSA) is 66.3 Å². The lowest BCUT2D eigenvalue weighted by molar-refractivity contribution is 0.0690. The van der Waals surface area contributed by atoms with Gasteiger partial charge < -0.3 is 10.0 Å². The molecule has 0 aromatic carbocycles. The van der Waals surface area contributed by atoms with Gasteiger partial charge in [-0.25, -0.2) is 14.8 Å². The lowest BCUT2D eigenvalue weighted by atomic mass is 10.3. The zero-order valence-electron chi connectivity index (χ0n) is 10.9. The van der Waals surface area contributed by atoms with Crippen LogP contribution in [-0.4, -0.2) is 34.1 Å². The fraction of sp³-hybridized carbons (Fsp3) is 0.615. The lowest BCUT2D eigenvalue weighted by Gasteiger charge is -2.23. The Labute approximate surface area is 107 Å². The molecule has 1 heterocycles. The van der Waals surface area contributed by atoms with Crippen molar-refractivity contribution in [2.45, 2.75) is 33.1 Å². The van der Waals surface area contributed by atoms with E-state index in [-0.39, 0.29) is 5.69 Å². The lowest BCUT2D eigenvalue weighted by Crippen LogP contribution is -2.28. The van der Waals surface area contributed by atoms with Gasteiger partial charge in [-0.05, 0) is 32.1 Å². The number of aromatic carboxylic acids is 1. The molecule has 18 heavy (non-hydrogen) atoms. The van der Waals surface area contributed by atoms with Crippen LogP contribution < -0.4 is 4.90 Å². The standard InChI is InChI=1S/C13H19N3O2/c1-3-6-16(8-10-4-5-10)12-7-11(13(17)18)14-9(2)15-12/h7,10H,3-6,8H2,1-2H3,(H,17,18). The van der Waals surface area contributed by atoms with E-state index in [2.05, 4.69) is 21.8 Å². The molecule has 0 bridgehead atoms. The predicted molar refractivity (Wildman–Crippen MR) is 69.0 cm³/mol. The Morgan fingerprint density at radius 2 is 2.22 bits per heavy atom. The summed E-state index contributed by atoms with van der Waals surface area (Å²) in [4.78, 5) is 21.5. The molecule has 5 heteroatoms. The second-order valence-corrected chi connectivity index (χ2v) is 4.85. The molecule has 0 spiro atoms. The molecule has 1 saturated carbocycles. The number of hydrogen-bond acceptors (Lipinski definition) is 4. The van der Waals surface area contributed by atoms with E-state index in [1.54, 1.807) is 13.0 Å². The summed E-state index contributed by atoms with van der Waals surface area (Å²) in [7, 11) is 0. The van der Waals surface area contributed by atoms with E-state index in [9.17, 15) is 4.79 Å². The molecule has 1 aromatic heterocycles. The number of anilines is 1. The van der Waals surface area contributed by atoms with Gasteiger partial charge in [0, 0.05) is 19.2 Å². The van der Waals surface area contributed by atoms with Crippen molar-refractivity contribution >= 4 is 11.8 Å². The van der Waals surface area contributed by atoms with Crippen LogP contribution in [-0.2, 0) is 0 Å². The number of carbonyl (C=O) groups is 1. The molecule has 1 aliphatic rings. The van der Waals surface area contributed by atoms with Crippen molar-refractivity contribution in [1.29, 1.82) is 0 Å². The Morgan fingerprint density at radius 1 is 1.50 bits per heavy atom. The summed E-state index contributed by atoms with van der Waals surface area (Å²) in [6.45, 7) is 5.73. The highest BCUT2D eigenvalue weighted by atomic mass is 16.4. The van der Waals surface area contributed by atoms with Crippen LogP contribution in [0, 0.1) is 12.8 Å². The molecule has 1 N–H and O–H groups in total. The maximum absolute atomic E-state index is 11.0. The smallest absolute Gasteiger partial charge is 0.354 e. The van der Waals surface area contributed by atoms with Gasteiger partial charge in [-0.15, -0.1) is 0 Å². The van der Waals surface area contributed by atoms with E-state index >= 15 is 0 Å². The molecule has 1 fully saturated rings. The summed E-state index contributed by atoms with van der Waals surface area (Å²) >= 11 is 0. The van der Waals surface area contributed by atoms with Crippen molar-refractivity contribution in [1.82, 2.24) is 9.97 Å². The first-order valence-electron chi connectivity index (χ1n) is 6.44. The number of carboxylic acid groups (broad SMARTS) is 1. The quantitative estimate of drug-likeness (QED) is 0.836. The van der Waals surface area contributed by atoms with Crippen LogP contribution >= 0.6 is 0 Å². The van der Waals surface area contributed by atoms with E-state index in [0.29, 0.717) is 5.82 Å². The maximum atomic E-state index is 11.0. The Morgan fingerprint density at radius 3 is 2.78 bits per heavy atom. The van der Waals surface area contributed by atoms with Crippen molar-refractivity contribution in [2.24, 2.45) is 5.92 Å². The van der Waals surface area contributed by atoms with Gasteiger partial charge in [0.2, 0.25) is 0 Å². The normalized spacial score (nSPS) is 14.6. The highest BCUT2D eigenvalue weighted by Crippen LogP contribution is 2.31. The van der Waals surface area contributed by atoms with Crippen LogP contribution in [0.2, 0.25) is 0 Å². The summed E-state index contributed by atoms with van der Waals surface area (Å²) in [5.74, 6) is 1.01. The average Bonchev–Trinajstić information content (AvgIpc) is 3.11. The number of nitrogens with zero attached hydrogens (tertiary/aromatic N) is 3. The van der Waals surface area contributed by atoms with Gasteiger partial charge in [-0.2, -0.15) is 0 Å². The highest BCUT2D eigenvalue weighted by molar-refractivity contribution is 5.86. The highest BCUT2D eigenvalue weighted by Gasteiger charge is 2.25. The maximum Gasteiger partial charge on any atom is 0.354 e. The van der Waals surface area contributed by atoms with Gasteiger partial charge in [0.15, 0.2) is 5.69 Å². The Bertz CT molecular complexity index is 444. The summed E-state index contributed by atoms with van der Waals surface area (Å²) in [5.41, 5.74) is 0.0781. The zero-order valence-corrected chi connectivity index (χ0v) is 10.9. The molecule has 1 aliphatic carbocycles. The number of carboxylic acids is 1. The molecule has 2 rings (SSSR count). The van der Waals surface area contributed by atoms with Crippen LogP contribution in [0.5, 0.6) is 0 Å². The van der Waals surface area contributed by atoms with E-state index < -0.39 is 5.97 Å². The van der Waals surface area contributed by atoms with E-state index in [4.69, 9.17) is 5.11 Å². The number of hydrogen-bond donors (Lipinski definition) is 1. The second kappa shape index (κ2) is 5.33. The van der Waals surface area contributed by atoms with E-state index in [1.807, 2.05) is 0 Å². The predicted octanol–water partition coefficient (Wildman–Crippen LogP) is 2.11. The van der Waals surface area contributed by atoms with Crippen LogP contribution in [0.15, 0.2) is 6.07 Å². The summed E-state index contributed by atoms with van der Waals surface area (Å²) < 4.78 is 0. The monoisotopic (exact) mass is 249 g/mol. The van der Waals surface area contributed by atoms with Crippen molar-refractivity contribution in [3.63, 3.8) is 0 Å².